The fraction of sp³-hybridized carbons (Fsp3) is 0.654. The third-order valence-corrected chi connectivity index (χ3v) is 8.68. The van der Waals surface area contributed by atoms with Crippen LogP contribution in [0.4, 0.5) is 19.4 Å². The maximum atomic E-state index is 14.6. The van der Waals surface area contributed by atoms with E-state index in [1.165, 1.54) is 6.07 Å². The molecule has 2 bridgehead atoms. The second-order valence-corrected chi connectivity index (χ2v) is 12.7. The zero-order chi connectivity index (χ0) is 26.1. The van der Waals surface area contributed by atoms with Crippen LogP contribution in [-0.4, -0.2) is 88.0 Å². The van der Waals surface area contributed by atoms with E-state index in [9.17, 15) is 13.6 Å². The highest BCUT2D eigenvalue weighted by atomic mass is 79.9. The van der Waals surface area contributed by atoms with Gasteiger partial charge >= 0.3 is 12.1 Å². The number of ether oxygens (including phenoxy) is 2. The molecule has 0 unspecified atom stereocenters. The number of benzene rings is 1. The lowest BCUT2D eigenvalue weighted by molar-refractivity contribution is 0.0214. The Bertz CT molecular complexity index is 1240. The van der Waals surface area contributed by atoms with E-state index >= 15 is 0 Å². The number of carbonyl (C=O) groups is 1. The number of hydrogen-bond acceptors (Lipinski definition) is 7. The zero-order valence-electron chi connectivity index (χ0n) is 21.3. The first-order valence-corrected chi connectivity index (χ1v) is 13.8. The van der Waals surface area contributed by atoms with Gasteiger partial charge in [0, 0.05) is 31.4 Å². The molecule has 1 aromatic heterocycles. The molecule has 1 amide bonds. The summed E-state index contributed by atoms with van der Waals surface area (Å²) in [4.78, 5) is 28.2. The fourth-order valence-corrected chi connectivity index (χ4v) is 6.82. The monoisotopic (exact) mass is 579 g/mol. The lowest BCUT2D eigenvalue weighted by atomic mass is 9.95. The number of carbonyl (C=O) groups excluding carboxylic acids is 1. The first-order valence-electron chi connectivity index (χ1n) is 13.0. The Hall–Kier alpha value is -2.27. The number of halogens is 3. The van der Waals surface area contributed by atoms with Gasteiger partial charge in [-0.05, 0) is 74.6 Å². The van der Waals surface area contributed by atoms with Crippen molar-refractivity contribution in [3.63, 3.8) is 0 Å². The van der Waals surface area contributed by atoms with Crippen LogP contribution in [0.25, 0.3) is 10.9 Å². The maximum Gasteiger partial charge on any atom is 0.410 e. The van der Waals surface area contributed by atoms with Gasteiger partial charge in [-0.1, -0.05) is 0 Å². The van der Waals surface area contributed by atoms with E-state index in [0.717, 1.165) is 25.8 Å². The SMILES string of the molecule is CC(C)(C)OC(=O)N1C[C@H]2C[C@@H]1CN2c1nc(OC[C@@]23CCCN2C[C@H](F)C3)nc2cc(Br)c(F)cc12. The Morgan fingerprint density at radius 1 is 1.22 bits per heavy atom. The van der Waals surface area contributed by atoms with E-state index in [0.29, 0.717) is 53.9 Å². The molecule has 37 heavy (non-hydrogen) atoms. The molecule has 4 saturated heterocycles. The van der Waals surface area contributed by atoms with Crippen molar-refractivity contribution in [3.8, 4) is 6.01 Å². The van der Waals surface area contributed by atoms with Crippen molar-refractivity contribution in [2.75, 3.05) is 37.7 Å². The maximum absolute atomic E-state index is 14.6. The van der Waals surface area contributed by atoms with Crippen molar-refractivity contribution in [3.05, 3.63) is 22.4 Å². The van der Waals surface area contributed by atoms with E-state index in [-0.39, 0.29) is 29.7 Å². The largest absolute Gasteiger partial charge is 0.461 e. The number of alkyl halides is 1. The van der Waals surface area contributed by atoms with Gasteiger partial charge in [0.05, 0.1) is 27.6 Å². The molecule has 4 fully saturated rings. The van der Waals surface area contributed by atoms with Crippen LogP contribution in [-0.2, 0) is 4.74 Å². The lowest BCUT2D eigenvalue weighted by Gasteiger charge is -2.36. The molecule has 1 aromatic carbocycles. The molecule has 200 valence electrons. The Morgan fingerprint density at radius 3 is 2.76 bits per heavy atom. The predicted octanol–water partition coefficient (Wildman–Crippen LogP) is 4.68. The van der Waals surface area contributed by atoms with Gasteiger partial charge in [0.25, 0.3) is 0 Å². The smallest absolute Gasteiger partial charge is 0.410 e. The van der Waals surface area contributed by atoms with Gasteiger partial charge < -0.3 is 19.3 Å². The van der Waals surface area contributed by atoms with Gasteiger partial charge in [0.1, 0.15) is 30.0 Å². The number of likely N-dealkylation sites (tertiary alicyclic amines) is 1. The molecule has 8 nitrogen and oxygen atoms in total. The zero-order valence-corrected chi connectivity index (χ0v) is 22.9. The number of fused-ring (bicyclic) bond motifs is 4. The van der Waals surface area contributed by atoms with E-state index in [1.54, 1.807) is 11.0 Å². The summed E-state index contributed by atoms with van der Waals surface area (Å²) in [6.07, 6.45) is 2.01. The normalized spacial score (nSPS) is 29.4. The van der Waals surface area contributed by atoms with Crippen molar-refractivity contribution < 1.29 is 23.0 Å². The lowest BCUT2D eigenvalue weighted by Crippen LogP contribution is -2.50. The van der Waals surface area contributed by atoms with Gasteiger partial charge in [0.15, 0.2) is 0 Å². The number of amides is 1. The first kappa shape index (κ1) is 25.0. The van der Waals surface area contributed by atoms with Crippen molar-refractivity contribution in [1.29, 1.82) is 0 Å². The predicted molar refractivity (Wildman–Crippen MR) is 138 cm³/mol. The number of aromatic nitrogens is 2. The van der Waals surface area contributed by atoms with Crippen molar-refractivity contribution in [2.45, 2.75) is 75.8 Å². The minimum atomic E-state index is -0.844. The van der Waals surface area contributed by atoms with Crippen LogP contribution in [0.5, 0.6) is 6.01 Å². The summed E-state index contributed by atoms with van der Waals surface area (Å²) in [6.45, 7) is 8.29. The van der Waals surface area contributed by atoms with Crippen LogP contribution in [0, 0.1) is 5.82 Å². The number of rotatable bonds is 4. The summed E-state index contributed by atoms with van der Waals surface area (Å²) in [5, 5.41) is 0.592. The van der Waals surface area contributed by atoms with Crippen molar-refractivity contribution in [1.82, 2.24) is 19.8 Å². The summed E-state index contributed by atoms with van der Waals surface area (Å²) < 4.78 is 40.9. The molecular weight excluding hydrogens is 548 g/mol. The summed E-state index contributed by atoms with van der Waals surface area (Å²) in [5.74, 6) is 0.199. The molecule has 0 N–H and O–H groups in total. The van der Waals surface area contributed by atoms with Crippen LogP contribution >= 0.6 is 15.9 Å². The third-order valence-electron chi connectivity index (χ3n) is 8.07. The van der Waals surface area contributed by atoms with Crippen LogP contribution in [0.15, 0.2) is 16.6 Å². The van der Waals surface area contributed by atoms with E-state index in [2.05, 4.69) is 30.7 Å². The molecular formula is C26H32BrF2N5O3. The molecule has 11 heteroatoms. The standard InChI is InChI=1S/C26H32BrF2N5O3/c1-25(2,3)37-24(35)34-13-16-7-17(34)12-33(16)22-18-8-20(29)19(27)9-21(18)30-23(31-22)36-14-26-5-4-6-32(26)11-15(28)10-26/h8-9,15-17H,4-7,10-14H2,1-3H3/t15-,16-,17-,26+/m1/s1. The molecule has 6 rings (SSSR count). The number of hydrogen-bond donors (Lipinski definition) is 0. The van der Waals surface area contributed by atoms with Gasteiger partial charge in [-0.25, -0.2) is 13.6 Å². The molecule has 0 saturated carbocycles. The van der Waals surface area contributed by atoms with Crippen molar-refractivity contribution >= 4 is 38.7 Å². The number of anilines is 1. The Kier molecular flexibility index (Phi) is 6.02. The van der Waals surface area contributed by atoms with E-state index in [4.69, 9.17) is 14.5 Å². The van der Waals surface area contributed by atoms with Crippen LogP contribution < -0.4 is 9.64 Å². The summed E-state index contributed by atoms with van der Waals surface area (Å²) in [6, 6.07) is 3.30. The minimum absolute atomic E-state index is 0.0135. The second kappa shape index (κ2) is 8.90. The van der Waals surface area contributed by atoms with Gasteiger partial charge in [-0.2, -0.15) is 9.97 Å². The van der Waals surface area contributed by atoms with Gasteiger partial charge in [-0.15, -0.1) is 0 Å². The van der Waals surface area contributed by atoms with Gasteiger partial charge in [0.2, 0.25) is 0 Å². The van der Waals surface area contributed by atoms with E-state index < -0.39 is 17.6 Å². The summed E-state index contributed by atoms with van der Waals surface area (Å²) >= 11 is 3.27. The van der Waals surface area contributed by atoms with Crippen molar-refractivity contribution in [2.24, 2.45) is 0 Å². The highest BCUT2D eigenvalue weighted by molar-refractivity contribution is 9.10. The molecule has 4 aliphatic rings. The topological polar surface area (TPSA) is 71.0 Å². The molecule has 0 spiro atoms. The quantitative estimate of drug-likeness (QED) is 0.520. The highest BCUT2D eigenvalue weighted by Gasteiger charge is 2.50. The summed E-state index contributed by atoms with van der Waals surface area (Å²) in [5.41, 5.74) is -0.313. The van der Waals surface area contributed by atoms with Crippen LogP contribution in [0.3, 0.4) is 0 Å². The Balaban J connectivity index is 1.28. The van der Waals surface area contributed by atoms with E-state index in [1.807, 2.05) is 20.8 Å². The third kappa shape index (κ3) is 4.51. The van der Waals surface area contributed by atoms with Crippen LogP contribution in [0.2, 0.25) is 0 Å². The fourth-order valence-electron chi connectivity index (χ4n) is 6.49. The average Bonchev–Trinajstić information content (AvgIpc) is 3.56. The number of nitrogens with zero attached hydrogens (tertiary/aromatic N) is 5. The minimum Gasteiger partial charge on any atom is -0.461 e. The highest BCUT2D eigenvalue weighted by Crippen LogP contribution is 2.42. The van der Waals surface area contributed by atoms with Crippen LogP contribution in [0.1, 0.15) is 46.5 Å². The average molecular weight is 580 g/mol. The molecule has 0 radical (unpaired) electrons. The first-order chi connectivity index (χ1) is 17.5. The molecule has 4 atom stereocenters. The molecule has 2 aromatic rings. The Morgan fingerprint density at radius 2 is 2.03 bits per heavy atom. The Labute approximate surface area is 223 Å². The number of piperazine rings is 1. The second-order valence-electron chi connectivity index (χ2n) is 11.8. The summed E-state index contributed by atoms with van der Waals surface area (Å²) in [7, 11) is 0. The molecule has 5 heterocycles. The molecule has 0 aliphatic carbocycles. The molecule has 4 aliphatic heterocycles. The van der Waals surface area contributed by atoms with Gasteiger partial charge in [-0.3, -0.25) is 4.90 Å².